The van der Waals surface area contributed by atoms with Crippen LogP contribution in [0.1, 0.15) is 16.8 Å². The third-order valence-corrected chi connectivity index (χ3v) is 4.22. The number of aromatic nitrogens is 3. The van der Waals surface area contributed by atoms with Gasteiger partial charge in [0.25, 0.3) is 0 Å². The predicted molar refractivity (Wildman–Crippen MR) is 103 cm³/mol. The molecule has 0 saturated carbocycles. The monoisotopic (exact) mass is 346 g/mol. The van der Waals surface area contributed by atoms with Crippen molar-refractivity contribution < 1.29 is 4.79 Å². The van der Waals surface area contributed by atoms with E-state index in [0.29, 0.717) is 6.54 Å². The van der Waals surface area contributed by atoms with Crippen LogP contribution in [0.25, 0.3) is 17.3 Å². The van der Waals surface area contributed by atoms with Crippen LogP contribution < -0.4 is 0 Å². The van der Waals surface area contributed by atoms with Crippen molar-refractivity contribution in [3.63, 3.8) is 0 Å². The summed E-state index contributed by atoms with van der Waals surface area (Å²) in [5.41, 5.74) is 4.83. The van der Waals surface area contributed by atoms with Gasteiger partial charge in [-0.1, -0.05) is 65.4 Å². The molecule has 0 aliphatic carbocycles. The van der Waals surface area contributed by atoms with E-state index < -0.39 is 0 Å². The van der Waals surface area contributed by atoms with Gasteiger partial charge in [0.1, 0.15) is 5.69 Å². The fourth-order valence-corrected chi connectivity index (χ4v) is 2.68. The third kappa shape index (κ3) is 4.06. The number of nitrogens with zero attached hydrogens (tertiary/aromatic N) is 4. The molecule has 0 fully saturated rings. The molecule has 2 aromatic carbocycles. The first kappa shape index (κ1) is 17.6. The van der Waals surface area contributed by atoms with Crippen molar-refractivity contribution in [2.45, 2.75) is 13.5 Å². The zero-order chi connectivity index (χ0) is 18.5. The number of hydrogen-bond donors (Lipinski definition) is 0. The Kier molecular flexibility index (Phi) is 5.27. The highest BCUT2D eigenvalue weighted by molar-refractivity contribution is 5.92. The summed E-state index contributed by atoms with van der Waals surface area (Å²) in [5.74, 6) is -0.0649. The lowest BCUT2D eigenvalue weighted by Gasteiger charge is -2.15. The van der Waals surface area contributed by atoms with Gasteiger partial charge in [-0.2, -0.15) is 0 Å². The molecule has 0 unspecified atom stereocenters. The van der Waals surface area contributed by atoms with E-state index in [1.807, 2.05) is 68.6 Å². The van der Waals surface area contributed by atoms with Gasteiger partial charge in [-0.25, -0.2) is 4.68 Å². The van der Waals surface area contributed by atoms with Gasteiger partial charge >= 0.3 is 0 Å². The number of likely N-dealkylation sites (N-methyl/N-ethyl adjacent to an activating group) is 1. The zero-order valence-corrected chi connectivity index (χ0v) is 15.3. The average molecular weight is 346 g/mol. The quantitative estimate of drug-likeness (QED) is 0.665. The topological polar surface area (TPSA) is 51.0 Å². The minimum Gasteiger partial charge on any atom is -0.338 e. The van der Waals surface area contributed by atoms with E-state index in [1.165, 1.54) is 5.56 Å². The smallest absolute Gasteiger partial charge is 0.246 e. The van der Waals surface area contributed by atoms with Crippen LogP contribution in [0.3, 0.4) is 0 Å². The molecule has 5 heteroatoms. The molecule has 0 radical (unpaired) electrons. The summed E-state index contributed by atoms with van der Waals surface area (Å²) in [6.45, 7) is 2.61. The second-order valence-corrected chi connectivity index (χ2v) is 6.33. The van der Waals surface area contributed by atoms with Crippen LogP contribution >= 0.6 is 0 Å². The summed E-state index contributed by atoms with van der Waals surface area (Å²) < 4.78 is 1.68. The van der Waals surface area contributed by atoms with Crippen molar-refractivity contribution in [1.82, 2.24) is 19.9 Å². The van der Waals surface area contributed by atoms with Crippen molar-refractivity contribution in [2.75, 3.05) is 7.05 Å². The van der Waals surface area contributed by atoms with Crippen LogP contribution in [-0.2, 0) is 18.4 Å². The van der Waals surface area contributed by atoms with E-state index in [1.54, 1.807) is 28.8 Å². The maximum Gasteiger partial charge on any atom is 0.246 e. The van der Waals surface area contributed by atoms with E-state index >= 15 is 0 Å². The molecule has 1 aromatic heterocycles. The molecule has 132 valence electrons. The highest BCUT2D eigenvalue weighted by atomic mass is 16.2. The molecule has 0 aliphatic heterocycles. The summed E-state index contributed by atoms with van der Waals surface area (Å²) in [5, 5.41) is 8.34. The van der Waals surface area contributed by atoms with Crippen molar-refractivity contribution >= 4 is 12.0 Å². The van der Waals surface area contributed by atoms with Gasteiger partial charge in [0.15, 0.2) is 0 Å². The van der Waals surface area contributed by atoms with Gasteiger partial charge in [0.2, 0.25) is 5.91 Å². The van der Waals surface area contributed by atoms with Crippen LogP contribution in [-0.4, -0.2) is 32.8 Å². The minimum absolute atomic E-state index is 0.0649. The SMILES string of the molecule is Cc1ccc(-c2nnn(C)c2/C=C/C(=O)N(C)Cc2ccccc2)cc1. The molecule has 0 bridgehead atoms. The normalized spacial score (nSPS) is 11.0. The number of amides is 1. The lowest BCUT2D eigenvalue weighted by Crippen LogP contribution is -2.24. The molecule has 1 heterocycles. The first-order valence-electron chi connectivity index (χ1n) is 8.48. The Morgan fingerprint density at radius 1 is 1.12 bits per heavy atom. The van der Waals surface area contributed by atoms with Gasteiger partial charge in [-0.05, 0) is 18.6 Å². The van der Waals surface area contributed by atoms with Crippen LogP contribution in [0.5, 0.6) is 0 Å². The summed E-state index contributed by atoms with van der Waals surface area (Å²) in [7, 11) is 3.62. The van der Waals surface area contributed by atoms with Crippen LogP contribution in [0, 0.1) is 6.92 Å². The number of hydrogen-bond acceptors (Lipinski definition) is 3. The van der Waals surface area contributed by atoms with E-state index in [-0.39, 0.29) is 5.91 Å². The van der Waals surface area contributed by atoms with Gasteiger partial charge in [0.05, 0.1) is 5.69 Å². The Morgan fingerprint density at radius 2 is 1.81 bits per heavy atom. The second kappa shape index (κ2) is 7.78. The first-order chi connectivity index (χ1) is 12.5. The summed E-state index contributed by atoms with van der Waals surface area (Å²) in [6, 6.07) is 18.0. The van der Waals surface area contributed by atoms with Crippen molar-refractivity contribution in [2.24, 2.45) is 7.05 Å². The molecule has 0 saturated heterocycles. The molecule has 0 atom stereocenters. The highest BCUT2D eigenvalue weighted by Gasteiger charge is 2.12. The van der Waals surface area contributed by atoms with Crippen molar-refractivity contribution in [3.05, 3.63) is 77.5 Å². The lowest BCUT2D eigenvalue weighted by atomic mass is 10.1. The maximum absolute atomic E-state index is 12.4. The Bertz CT molecular complexity index is 911. The van der Waals surface area contributed by atoms with E-state index in [4.69, 9.17) is 0 Å². The molecule has 26 heavy (non-hydrogen) atoms. The zero-order valence-electron chi connectivity index (χ0n) is 15.3. The Morgan fingerprint density at radius 3 is 2.50 bits per heavy atom. The van der Waals surface area contributed by atoms with Crippen LogP contribution in [0.4, 0.5) is 0 Å². The van der Waals surface area contributed by atoms with Crippen molar-refractivity contribution in [3.8, 4) is 11.3 Å². The molecule has 0 aliphatic rings. The first-order valence-corrected chi connectivity index (χ1v) is 8.48. The summed E-state index contributed by atoms with van der Waals surface area (Å²) in [6.07, 6.45) is 3.35. The lowest BCUT2D eigenvalue weighted by molar-refractivity contribution is -0.125. The molecule has 3 rings (SSSR count). The minimum atomic E-state index is -0.0649. The standard InChI is InChI=1S/C21H22N4O/c1-16-9-11-18(12-10-16)21-19(25(3)23-22-21)13-14-20(26)24(2)15-17-7-5-4-6-8-17/h4-14H,15H2,1-3H3/b14-13+. The Hall–Kier alpha value is -3.21. The molecule has 5 nitrogen and oxygen atoms in total. The number of carbonyl (C=O) groups is 1. The fraction of sp³-hybridized carbons (Fsp3) is 0.190. The molecule has 0 spiro atoms. The van der Waals surface area contributed by atoms with Gasteiger partial charge in [0, 0.05) is 32.3 Å². The van der Waals surface area contributed by atoms with Crippen LogP contribution in [0.15, 0.2) is 60.7 Å². The number of carbonyl (C=O) groups excluding carboxylic acids is 1. The van der Waals surface area contributed by atoms with Gasteiger partial charge in [-0.15, -0.1) is 5.10 Å². The third-order valence-electron chi connectivity index (χ3n) is 4.22. The van der Waals surface area contributed by atoms with E-state index in [0.717, 1.165) is 22.5 Å². The van der Waals surface area contributed by atoms with Crippen molar-refractivity contribution in [1.29, 1.82) is 0 Å². The second-order valence-electron chi connectivity index (χ2n) is 6.33. The summed E-state index contributed by atoms with van der Waals surface area (Å²) in [4.78, 5) is 14.1. The molecule has 1 amide bonds. The fourth-order valence-electron chi connectivity index (χ4n) is 2.68. The Labute approximate surface area is 153 Å². The number of benzene rings is 2. The van der Waals surface area contributed by atoms with Gasteiger partial charge < -0.3 is 4.90 Å². The largest absolute Gasteiger partial charge is 0.338 e. The van der Waals surface area contributed by atoms with Crippen LogP contribution in [0.2, 0.25) is 0 Å². The molecule has 3 aromatic rings. The van der Waals surface area contributed by atoms with E-state index in [9.17, 15) is 4.79 Å². The van der Waals surface area contributed by atoms with E-state index in [2.05, 4.69) is 10.3 Å². The maximum atomic E-state index is 12.4. The molecule has 0 N–H and O–H groups in total. The molecular formula is C21H22N4O. The predicted octanol–water partition coefficient (Wildman–Crippen LogP) is 3.46. The number of aryl methyl sites for hydroxylation is 2. The Balaban J connectivity index is 1.77. The highest BCUT2D eigenvalue weighted by Crippen LogP contribution is 2.22. The van der Waals surface area contributed by atoms with Gasteiger partial charge in [-0.3, -0.25) is 4.79 Å². The molecular weight excluding hydrogens is 324 g/mol. The number of rotatable bonds is 5. The summed E-state index contributed by atoms with van der Waals surface area (Å²) >= 11 is 0. The average Bonchev–Trinajstić information content (AvgIpc) is 3.01.